The molecule has 2 rings (SSSR count). The van der Waals surface area contributed by atoms with Crippen LogP contribution in [0.5, 0.6) is 5.75 Å². The molecular formula is C14H15NO3S. The summed E-state index contributed by atoms with van der Waals surface area (Å²) in [5, 5.41) is 9.14. The van der Waals surface area contributed by atoms with E-state index in [0.717, 1.165) is 0 Å². The van der Waals surface area contributed by atoms with Crippen LogP contribution in [0.1, 0.15) is 18.9 Å². The minimum absolute atomic E-state index is 0.0491. The molecule has 0 radical (unpaired) electrons. The van der Waals surface area contributed by atoms with Gasteiger partial charge in [0.05, 0.1) is 4.91 Å². The van der Waals surface area contributed by atoms with Crippen molar-refractivity contribution in [2.45, 2.75) is 13.3 Å². The lowest BCUT2D eigenvalue weighted by Gasteiger charge is -2.14. The molecule has 1 N–H and O–H groups in total. The van der Waals surface area contributed by atoms with Crippen LogP contribution in [-0.4, -0.2) is 19.7 Å². The second-order valence-electron chi connectivity index (χ2n) is 4.44. The van der Waals surface area contributed by atoms with Crippen LogP contribution in [0.25, 0.3) is 0 Å². The Hall–Kier alpha value is -1.88. The van der Waals surface area contributed by atoms with Gasteiger partial charge >= 0.3 is 0 Å². The minimum Gasteiger partial charge on any atom is -0.508 e. The number of nitrogens with zero attached hydrogens (tertiary/aromatic N) is 1. The van der Waals surface area contributed by atoms with E-state index >= 15 is 0 Å². The lowest BCUT2D eigenvalue weighted by molar-refractivity contribution is 0.475. The van der Waals surface area contributed by atoms with Crippen molar-refractivity contribution in [1.82, 2.24) is 0 Å². The molecule has 5 heteroatoms. The van der Waals surface area contributed by atoms with Crippen LogP contribution in [0.15, 0.2) is 51.8 Å². The average molecular weight is 277 g/mol. The second kappa shape index (κ2) is 5.40. The Morgan fingerprint density at radius 1 is 1.32 bits per heavy atom. The molecule has 0 spiro atoms. The molecular weight excluding hydrogens is 262 g/mol. The zero-order valence-electron chi connectivity index (χ0n) is 10.5. The zero-order valence-corrected chi connectivity index (χ0v) is 11.3. The monoisotopic (exact) mass is 277 g/mol. The van der Waals surface area contributed by atoms with Gasteiger partial charge in [-0.2, -0.15) is 12.8 Å². The number of benzene rings is 1. The van der Waals surface area contributed by atoms with Crippen molar-refractivity contribution in [2.75, 3.05) is 0 Å². The summed E-state index contributed by atoms with van der Waals surface area (Å²) >= 11 is 0. The van der Waals surface area contributed by atoms with Crippen molar-refractivity contribution in [1.29, 1.82) is 0 Å². The molecule has 1 aliphatic rings. The highest BCUT2D eigenvalue weighted by atomic mass is 32.2. The van der Waals surface area contributed by atoms with Gasteiger partial charge in [-0.25, -0.2) is 0 Å². The molecule has 0 aromatic heterocycles. The fourth-order valence-electron chi connectivity index (χ4n) is 1.82. The van der Waals surface area contributed by atoms with Gasteiger partial charge in [0.2, 0.25) is 0 Å². The zero-order chi connectivity index (χ0) is 13.9. The molecule has 0 amide bonds. The van der Waals surface area contributed by atoms with Crippen LogP contribution >= 0.6 is 0 Å². The molecule has 0 bridgehead atoms. The van der Waals surface area contributed by atoms with Crippen LogP contribution in [0.4, 0.5) is 0 Å². The summed E-state index contributed by atoms with van der Waals surface area (Å²) in [6.45, 7) is 1.86. The summed E-state index contributed by atoms with van der Waals surface area (Å²) in [5.41, 5.74) is 0.626. The third-order valence-corrected chi connectivity index (χ3v) is 4.42. The van der Waals surface area contributed by atoms with Gasteiger partial charge in [0.25, 0.3) is 10.0 Å². The van der Waals surface area contributed by atoms with Crippen LogP contribution in [0.2, 0.25) is 0 Å². The fraction of sp³-hybridized carbons (Fsp3) is 0.214. The third kappa shape index (κ3) is 3.32. The van der Waals surface area contributed by atoms with E-state index in [1.165, 1.54) is 18.3 Å². The van der Waals surface area contributed by atoms with Crippen LogP contribution < -0.4 is 0 Å². The molecule has 0 aliphatic heterocycles. The van der Waals surface area contributed by atoms with Gasteiger partial charge < -0.3 is 5.11 Å². The maximum absolute atomic E-state index is 12.1. The molecule has 19 heavy (non-hydrogen) atoms. The SMILES string of the molecule is CC1CC=CC=C1S(=O)(=O)/N=C/c1ccc(O)cc1. The number of phenolic OH excluding ortho intramolecular Hbond substituents is 1. The van der Waals surface area contributed by atoms with E-state index < -0.39 is 10.0 Å². The predicted molar refractivity (Wildman–Crippen MR) is 75.6 cm³/mol. The summed E-state index contributed by atoms with van der Waals surface area (Å²) in [6.07, 6.45) is 7.27. The van der Waals surface area contributed by atoms with Gasteiger partial charge in [0.15, 0.2) is 0 Å². The second-order valence-corrected chi connectivity index (χ2v) is 6.07. The van der Waals surface area contributed by atoms with Crippen LogP contribution in [0, 0.1) is 5.92 Å². The molecule has 1 aromatic rings. The summed E-state index contributed by atoms with van der Waals surface area (Å²) in [4.78, 5) is 0.338. The predicted octanol–water partition coefficient (Wildman–Crippen LogP) is 2.62. The van der Waals surface area contributed by atoms with Crippen molar-refractivity contribution >= 4 is 16.2 Å². The van der Waals surface area contributed by atoms with Gasteiger partial charge in [0, 0.05) is 6.21 Å². The first-order chi connectivity index (χ1) is 8.99. The molecule has 1 atom stereocenters. The molecule has 4 nitrogen and oxygen atoms in total. The Balaban J connectivity index is 2.24. The molecule has 100 valence electrons. The highest BCUT2D eigenvalue weighted by Crippen LogP contribution is 2.25. The van der Waals surface area contributed by atoms with Gasteiger partial charge in [-0.15, -0.1) is 0 Å². The third-order valence-electron chi connectivity index (χ3n) is 2.90. The first-order valence-corrected chi connectivity index (χ1v) is 7.39. The smallest absolute Gasteiger partial charge is 0.278 e. The van der Waals surface area contributed by atoms with Crippen molar-refractivity contribution in [3.05, 3.63) is 53.0 Å². The summed E-state index contributed by atoms with van der Waals surface area (Å²) in [7, 11) is -3.62. The summed E-state index contributed by atoms with van der Waals surface area (Å²) in [6, 6.07) is 6.18. The normalized spacial score (nSPS) is 19.6. The first kappa shape index (κ1) is 13.5. The Bertz CT molecular complexity index is 640. The Morgan fingerprint density at radius 3 is 2.63 bits per heavy atom. The largest absolute Gasteiger partial charge is 0.508 e. The van der Waals surface area contributed by atoms with Crippen molar-refractivity contribution in [2.24, 2.45) is 10.3 Å². The number of sulfonamides is 1. The van der Waals surface area contributed by atoms with Gasteiger partial charge in [-0.3, -0.25) is 0 Å². The van der Waals surface area contributed by atoms with E-state index in [0.29, 0.717) is 16.9 Å². The van der Waals surface area contributed by atoms with Crippen LogP contribution in [0.3, 0.4) is 0 Å². The highest BCUT2D eigenvalue weighted by Gasteiger charge is 2.22. The number of phenols is 1. The fourth-order valence-corrected chi connectivity index (χ4v) is 3.06. The molecule has 0 saturated carbocycles. The Morgan fingerprint density at radius 2 is 2.00 bits per heavy atom. The standard InChI is InChI=1S/C14H15NO3S/c1-11-4-2-3-5-14(11)19(17,18)15-10-12-6-8-13(16)9-7-12/h2-3,5-11,16H,4H2,1H3/b15-10+. The number of hydrogen-bond acceptors (Lipinski definition) is 3. The molecule has 1 aliphatic carbocycles. The number of allylic oxidation sites excluding steroid dienone is 4. The van der Waals surface area contributed by atoms with E-state index in [9.17, 15) is 8.42 Å². The lowest BCUT2D eigenvalue weighted by Crippen LogP contribution is -2.11. The Labute approximate surface area is 112 Å². The molecule has 0 saturated heterocycles. The van der Waals surface area contributed by atoms with Crippen molar-refractivity contribution < 1.29 is 13.5 Å². The topological polar surface area (TPSA) is 66.7 Å². The minimum atomic E-state index is -3.62. The molecule has 1 unspecified atom stereocenters. The maximum atomic E-state index is 12.1. The van der Waals surface area contributed by atoms with Crippen molar-refractivity contribution in [3.8, 4) is 5.75 Å². The van der Waals surface area contributed by atoms with Gasteiger partial charge in [0.1, 0.15) is 5.75 Å². The molecule has 0 heterocycles. The molecule has 1 aromatic carbocycles. The van der Waals surface area contributed by atoms with Crippen LogP contribution in [-0.2, 0) is 10.0 Å². The summed E-state index contributed by atoms with van der Waals surface area (Å²) < 4.78 is 27.9. The van der Waals surface area contributed by atoms with E-state index in [1.807, 2.05) is 13.0 Å². The maximum Gasteiger partial charge on any atom is 0.278 e. The highest BCUT2D eigenvalue weighted by molar-refractivity contribution is 7.94. The first-order valence-electron chi connectivity index (χ1n) is 5.95. The average Bonchev–Trinajstić information content (AvgIpc) is 2.38. The number of rotatable bonds is 3. The van der Waals surface area contributed by atoms with E-state index in [-0.39, 0.29) is 11.7 Å². The van der Waals surface area contributed by atoms with Crippen molar-refractivity contribution in [3.63, 3.8) is 0 Å². The van der Waals surface area contributed by atoms with E-state index in [1.54, 1.807) is 24.3 Å². The van der Waals surface area contributed by atoms with E-state index in [4.69, 9.17) is 5.11 Å². The molecule has 0 fully saturated rings. The number of aromatic hydroxyl groups is 1. The van der Waals surface area contributed by atoms with E-state index in [2.05, 4.69) is 4.40 Å². The van der Waals surface area contributed by atoms with Gasteiger partial charge in [-0.05, 0) is 48.2 Å². The van der Waals surface area contributed by atoms with Gasteiger partial charge in [-0.1, -0.05) is 19.1 Å². The quantitative estimate of drug-likeness (QED) is 0.864. The Kier molecular flexibility index (Phi) is 3.85. The number of hydrogen-bond donors (Lipinski definition) is 1. The lowest BCUT2D eigenvalue weighted by atomic mass is 10.0. The summed E-state index contributed by atoms with van der Waals surface area (Å²) in [5.74, 6) is 0.0840.